The van der Waals surface area contributed by atoms with Gasteiger partial charge in [-0.1, -0.05) is 25.0 Å². The van der Waals surface area contributed by atoms with Crippen molar-refractivity contribution >= 4 is 39.9 Å². The lowest BCUT2D eigenvalue weighted by Crippen LogP contribution is -2.47. The molecular weight excluding hydrogens is 492 g/mol. The minimum atomic E-state index is -0.745. The summed E-state index contributed by atoms with van der Waals surface area (Å²) in [5, 5.41) is 3.44. The van der Waals surface area contributed by atoms with Crippen LogP contribution in [0.25, 0.3) is 22.1 Å². The highest BCUT2D eigenvalue weighted by atomic mass is 16.5. The van der Waals surface area contributed by atoms with Crippen LogP contribution in [-0.2, 0) is 32.2 Å². The number of ether oxygens (including phenoxy) is 1. The van der Waals surface area contributed by atoms with E-state index in [1.165, 1.54) is 4.57 Å². The van der Waals surface area contributed by atoms with Gasteiger partial charge in [0.25, 0.3) is 5.56 Å². The van der Waals surface area contributed by atoms with Crippen LogP contribution in [0.4, 0.5) is 0 Å². The van der Waals surface area contributed by atoms with E-state index in [2.05, 4.69) is 5.32 Å². The predicted octanol–water partition coefficient (Wildman–Crippen LogP) is 1.77. The van der Waals surface area contributed by atoms with Crippen LogP contribution in [0.2, 0.25) is 0 Å². The van der Waals surface area contributed by atoms with Crippen molar-refractivity contribution in [3.8, 4) is 0 Å². The molecule has 38 heavy (non-hydrogen) atoms. The van der Waals surface area contributed by atoms with Crippen molar-refractivity contribution in [2.75, 3.05) is 19.7 Å². The summed E-state index contributed by atoms with van der Waals surface area (Å²) in [4.78, 5) is 66.7. The van der Waals surface area contributed by atoms with Crippen LogP contribution in [0.5, 0.6) is 0 Å². The van der Waals surface area contributed by atoms with Gasteiger partial charge in [-0.05, 0) is 44.7 Å². The average Bonchev–Trinajstić information content (AvgIpc) is 3.57. The summed E-state index contributed by atoms with van der Waals surface area (Å²) in [6, 6.07) is 6.95. The molecule has 0 bridgehead atoms. The van der Waals surface area contributed by atoms with E-state index >= 15 is 0 Å². The Labute approximate surface area is 218 Å². The third-order valence-electron chi connectivity index (χ3n) is 7.52. The molecule has 1 saturated carbocycles. The van der Waals surface area contributed by atoms with Crippen LogP contribution in [0.3, 0.4) is 0 Å². The molecule has 2 amide bonds. The normalized spacial score (nSPS) is 16.8. The minimum Gasteiger partial charge on any atom is -0.466 e. The Kier molecular flexibility index (Phi) is 7.35. The average molecular weight is 525 g/mol. The van der Waals surface area contributed by atoms with E-state index in [9.17, 15) is 24.0 Å². The molecule has 202 valence electrons. The SMILES string of the molecule is CCOC(=O)C1CCN(C(=O)Cn2c(=O)n(CC(=O)NC3CCCC3)c(=O)c3oc4ccccc4c32)CC1. The second-order valence-electron chi connectivity index (χ2n) is 9.99. The second kappa shape index (κ2) is 10.8. The number of fused-ring (bicyclic) bond motifs is 3. The van der Waals surface area contributed by atoms with Crippen molar-refractivity contribution in [3.63, 3.8) is 0 Å². The lowest BCUT2D eigenvalue weighted by Gasteiger charge is -2.31. The molecule has 0 unspecified atom stereocenters. The Morgan fingerprint density at radius 3 is 2.42 bits per heavy atom. The van der Waals surface area contributed by atoms with Crippen molar-refractivity contribution in [1.29, 1.82) is 0 Å². The Bertz CT molecular complexity index is 1490. The van der Waals surface area contributed by atoms with Gasteiger partial charge in [0, 0.05) is 24.5 Å². The molecule has 0 atom stereocenters. The molecule has 11 nitrogen and oxygen atoms in total. The molecule has 1 aliphatic carbocycles. The van der Waals surface area contributed by atoms with Gasteiger partial charge in [0.05, 0.1) is 12.5 Å². The fourth-order valence-corrected chi connectivity index (χ4v) is 5.53. The molecule has 2 fully saturated rings. The van der Waals surface area contributed by atoms with Crippen molar-refractivity contribution in [2.45, 2.75) is 64.6 Å². The first-order valence-corrected chi connectivity index (χ1v) is 13.3. The highest BCUT2D eigenvalue weighted by Gasteiger charge is 2.30. The first-order valence-electron chi connectivity index (χ1n) is 13.3. The molecule has 5 rings (SSSR count). The summed E-state index contributed by atoms with van der Waals surface area (Å²) < 4.78 is 13.0. The number of hydrogen-bond donors (Lipinski definition) is 1. The third kappa shape index (κ3) is 4.97. The molecule has 1 aliphatic heterocycles. The zero-order valence-corrected chi connectivity index (χ0v) is 21.4. The maximum absolute atomic E-state index is 13.6. The van der Waals surface area contributed by atoms with E-state index in [1.54, 1.807) is 36.1 Å². The number of nitrogens with one attached hydrogen (secondary N) is 1. The molecule has 0 radical (unpaired) electrons. The quantitative estimate of drug-likeness (QED) is 0.466. The topological polar surface area (TPSA) is 133 Å². The van der Waals surface area contributed by atoms with Crippen molar-refractivity contribution in [2.24, 2.45) is 5.92 Å². The van der Waals surface area contributed by atoms with Gasteiger partial charge < -0.3 is 19.4 Å². The Morgan fingerprint density at radius 1 is 1.00 bits per heavy atom. The number of carbonyl (C=O) groups excluding carboxylic acids is 3. The van der Waals surface area contributed by atoms with Gasteiger partial charge >= 0.3 is 11.7 Å². The number of esters is 1. The lowest BCUT2D eigenvalue weighted by atomic mass is 9.97. The van der Waals surface area contributed by atoms with Gasteiger partial charge in [-0.15, -0.1) is 0 Å². The summed E-state index contributed by atoms with van der Waals surface area (Å²) in [6.07, 6.45) is 4.75. The number of hydrogen-bond acceptors (Lipinski definition) is 7. The van der Waals surface area contributed by atoms with Crippen LogP contribution < -0.4 is 16.6 Å². The lowest BCUT2D eigenvalue weighted by molar-refractivity contribution is -0.151. The Hall–Kier alpha value is -3.89. The van der Waals surface area contributed by atoms with E-state index in [1.807, 2.05) is 0 Å². The van der Waals surface area contributed by atoms with Crippen LogP contribution in [0, 0.1) is 5.92 Å². The summed E-state index contributed by atoms with van der Waals surface area (Å²) in [7, 11) is 0. The van der Waals surface area contributed by atoms with Crippen molar-refractivity contribution in [3.05, 3.63) is 45.1 Å². The molecule has 3 heterocycles. The smallest absolute Gasteiger partial charge is 0.332 e. The zero-order chi connectivity index (χ0) is 26.8. The third-order valence-corrected chi connectivity index (χ3v) is 7.52. The van der Waals surface area contributed by atoms with Gasteiger partial charge in [0.1, 0.15) is 24.2 Å². The van der Waals surface area contributed by atoms with Crippen molar-refractivity contribution in [1.82, 2.24) is 19.4 Å². The first-order chi connectivity index (χ1) is 18.4. The number of rotatable bonds is 7. The first kappa shape index (κ1) is 25.7. The number of furan rings is 1. The van der Waals surface area contributed by atoms with E-state index in [-0.39, 0.29) is 41.5 Å². The van der Waals surface area contributed by atoms with E-state index in [0.717, 1.165) is 30.3 Å². The second-order valence-corrected chi connectivity index (χ2v) is 9.99. The van der Waals surface area contributed by atoms with Crippen LogP contribution >= 0.6 is 0 Å². The standard InChI is InChI=1S/C27H32N4O7/c1-2-37-26(35)17-11-13-29(14-12-17)22(33)16-30-23-19-9-5-6-10-20(19)38-24(23)25(34)31(27(30)36)15-21(32)28-18-7-3-4-8-18/h5-6,9-10,17-18H,2-4,7-8,11-16H2,1H3,(H,28,32). The van der Waals surface area contributed by atoms with Gasteiger partial charge in [-0.3, -0.25) is 23.7 Å². The largest absolute Gasteiger partial charge is 0.466 e. The van der Waals surface area contributed by atoms with E-state index in [4.69, 9.17) is 9.15 Å². The maximum Gasteiger partial charge on any atom is 0.332 e. The number of benzene rings is 1. The molecule has 2 aromatic heterocycles. The summed E-state index contributed by atoms with van der Waals surface area (Å²) in [5.41, 5.74) is -0.887. The van der Waals surface area contributed by atoms with Crippen LogP contribution in [-0.4, -0.2) is 57.6 Å². The predicted molar refractivity (Wildman–Crippen MR) is 139 cm³/mol. The highest BCUT2D eigenvalue weighted by Crippen LogP contribution is 2.26. The molecule has 0 spiro atoms. The number of amides is 2. The number of para-hydroxylation sites is 1. The van der Waals surface area contributed by atoms with Crippen LogP contribution in [0.1, 0.15) is 45.4 Å². The number of aromatic nitrogens is 2. The molecule has 3 aromatic rings. The molecular formula is C27H32N4O7. The summed E-state index contributed by atoms with van der Waals surface area (Å²) in [5.74, 6) is -1.26. The number of carbonyl (C=O) groups is 3. The zero-order valence-electron chi connectivity index (χ0n) is 21.4. The fourth-order valence-electron chi connectivity index (χ4n) is 5.53. The monoisotopic (exact) mass is 524 g/mol. The summed E-state index contributed by atoms with van der Waals surface area (Å²) in [6.45, 7) is 2.00. The van der Waals surface area contributed by atoms with Gasteiger partial charge in [-0.2, -0.15) is 0 Å². The Balaban J connectivity index is 1.46. The van der Waals surface area contributed by atoms with Gasteiger partial charge in [0.2, 0.25) is 17.4 Å². The summed E-state index contributed by atoms with van der Waals surface area (Å²) >= 11 is 0. The molecule has 1 saturated heterocycles. The number of likely N-dealkylation sites (tertiary alicyclic amines) is 1. The maximum atomic E-state index is 13.6. The molecule has 2 aliphatic rings. The number of nitrogens with zero attached hydrogens (tertiary/aromatic N) is 3. The fraction of sp³-hybridized carbons (Fsp3) is 0.519. The van der Waals surface area contributed by atoms with Gasteiger partial charge in [-0.25, -0.2) is 9.36 Å². The van der Waals surface area contributed by atoms with E-state index < -0.39 is 23.7 Å². The molecule has 1 aromatic carbocycles. The van der Waals surface area contributed by atoms with Crippen LogP contribution in [0.15, 0.2) is 38.3 Å². The molecule has 11 heteroatoms. The van der Waals surface area contributed by atoms with Gasteiger partial charge in [0.15, 0.2) is 0 Å². The van der Waals surface area contributed by atoms with Crippen molar-refractivity contribution < 1.29 is 23.5 Å². The molecule has 1 N–H and O–H groups in total. The minimum absolute atomic E-state index is 0.0365. The Morgan fingerprint density at radius 2 is 1.71 bits per heavy atom. The highest BCUT2D eigenvalue weighted by molar-refractivity contribution is 6.02. The number of piperidine rings is 1. The van der Waals surface area contributed by atoms with E-state index in [0.29, 0.717) is 43.5 Å².